The van der Waals surface area contributed by atoms with Crippen molar-refractivity contribution in [3.63, 3.8) is 0 Å². The molecule has 9 rings (SSSR count). The summed E-state index contributed by atoms with van der Waals surface area (Å²) in [6.45, 7) is 22.7. The molecule has 2 fully saturated rings. The van der Waals surface area contributed by atoms with Crippen LogP contribution >= 0.6 is 38.6 Å². The van der Waals surface area contributed by atoms with Crippen molar-refractivity contribution in [2.24, 2.45) is 0 Å². The van der Waals surface area contributed by atoms with Crippen LogP contribution in [0.25, 0.3) is 31.2 Å². The van der Waals surface area contributed by atoms with E-state index in [0.717, 1.165) is 36.9 Å². The van der Waals surface area contributed by atoms with Crippen LogP contribution in [0.3, 0.4) is 0 Å². The van der Waals surface area contributed by atoms with Crippen molar-refractivity contribution < 1.29 is 53.3 Å². The van der Waals surface area contributed by atoms with Gasteiger partial charge in [0.15, 0.2) is 0 Å². The lowest BCUT2D eigenvalue weighted by molar-refractivity contribution is -0.165. The molecule has 20 nitrogen and oxygen atoms in total. The molecule has 5 aromatic heterocycles. The zero-order chi connectivity index (χ0) is 61.2. The van der Waals surface area contributed by atoms with Gasteiger partial charge in [0.2, 0.25) is 5.89 Å². The average Bonchev–Trinajstić information content (AvgIpc) is 1.47. The number of halogens is 1. The fourth-order valence-corrected chi connectivity index (χ4v) is 13.1. The molecule has 7 aromatic rings. The van der Waals surface area contributed by atoms with E-state index in [0.29, 0.717) is 93.1 Å². The second-order valence-corrected chi connectivity index (χ2v) is 27.1. The normalized spacial score (nSPS) is 15.4. The van der Waals surface area contributed by atoms with Gasteiger partial charge in [-0.15, -0.1) is 22.7 Å². The highest BCUT2D eigenvalue weighted by Crippen LogP contribution is 2.40. The van der Waals surface area contributed by atoms with Crippen molar-refractivity contribution >= 4 is 71.0 Å². The van der Waals surface area contributed by atoms with E-state index in [2.05, 4.69) is 20.9 Å². The van der Waals surface area contributed by atoms with E-state index >= 15 is 0 Å². The smallest absolute Gasteiger partial charge is 0.333 e. The molecule has 2 atom stereocenters. The number of oxazole rings is 1. The maximum absolute atomic E-state index is 14.5. The van der Waals surface area contributed by atoms with Crippen LogP contribution in [0.2, 0.25) is 0 Å². The molecule has 0 saturated carbocycles. The third kappa shape index (κ3) is 14.3. The van der Waals surface area contributed by atoms with Crippen LogP contribution in [0, 0.1) is 13.8 Å². The molecule has 0 radical (unpaired) electrons. The summed E-state index contributed by atoms with van der Waals surface area (Å²) in [7, 11) is 3.18. The molecule has 2 aliphatic heterocycles. The Bertz CT molecular complexity index is 3760. The minimum absolute atomic E-state index is 0. The molecule has 2 aromatic carbocycles. The van der Waals surface area contributed by atoms with Crippen LogP contribution in [0.15, 0.2) is 88.4 Å². The molecule has 464 valence electrons. The maximum atomic E-state index is 14.5. The summed E-state index contributed by atoms with van der Waals surface area (Å²) in [4.78, 5) is 89.5. The minimum atomic E-state index is -1.63. The summed E-state index contributed by atoms with van der Waals surface area (Å²) in [5, 5.41) is 0.669. The van der Waals surface area contributed by atoms with E-state index in [4.69, 9.17) is 42.3 Å². The zero-order valence-electron chi connectivity index (χ0n) is 51.2. The van der Waals surface area contributed by atoms with Gasteiger partial charge in [-0.1, -0.05) is 43.8 Å². The van der Waals surface area contributed by atoms with Crippen molar-refractivity contribution in [2.75, 3.05) is 40.6 Å². The Hall–Kier alpha value is -6.21. The van der Waals surface area contributed by atoms with Gasteiger partial charge >= 0.3 is 23.3 Å². The summed E-state index contributed by atoms with van der Waals surface area (Å²) in [6.07, 6.45) is 4.45. The second kappa shape index (κ2) is 26.8. The van der Waals surface area contributed by atoms with Crippen LogP contribution in [0.5, 0.6) is 11.5 Å². The van der Waals surface area contributed by atoms with Gasteiger partial charge in [0.1, 0.15) is 61.9 Å². The number of esters is 2. The summed E-state index contributed by atoms with van der Waals surface area (Å²) >= 11 is 6.10. The summed E-state index contributed by atoms with van der Waals surface area (Å²) in [5.74, 6) is 0.209. The van der Waals surface area contributed by atoms with E-state index in [1.807, 2.05) is 55.5 Å². The molecule has 0 aliphatic carbocycles. The highest BCUT2D eigenvalue weighted by molar-refractivity contribution is 9.11. The molecule has 7 heterocycles. The van der Waals surface area contributed by atoms with Gasteiger partial charge in [-0.05, 0) is 148 Å². The number of ether oxygens (including phenoxy) is 8. The maximum Gasteiger partial charge on any atom is 0.333 e. The first-order chi connectivity index (χ1) is 39.6. The van der Waals surface area contributed by atoms with Crippen molar-refractivity contribution in [1.29, 1.82) is 0 Å². The van der Waals surface area contributed by atoms with E-state index < -0.39 is 68.9 Å². The molecular formula is C62H81BrN5O15S2-. The van der Waals surface area contributed by atoms with Crippen molar-refractivity contribution in [2.45, 2.75) is 176 Å². The highest BCUT2D eigenvalue weighted by Gasteiger charge is 2.41. The number of aromatic nitrogens is 5. The van der Waals surface area contributed by atoms with Crippen LogP contribution in [0.4, 0.5) is 0 Å². The Balaban J connectivity index is 0.000000270. The molecule has 2 saturated heterocycles. The Morgan fingerprint density at radius 3 is 1.44 bits per heavy atom. The third-order valence-electron chi connectivity index (χ3n) is 14.6. The topological polar surface area (TPSA) is 222 Å². The summed E-state index contributed by atoms with van der Waals surface area (Å²) in [5.41, 5.74) is -4.39. The fraction of sp³-hybridized carbons (Fsp3) is 0.532. The molecule has 0 bridgehead atoms. The van der Waals surface area contributed by atoms with Crippen molar-refractivity contribution in [1.82, 2.24) is 23.3 Å². The quantitative estimate of drug-likeness (QED) is 0.0773. The molecule has 0 unspecified atom stereocenters. The largest absolute Gasteiger partial charge is 1.00 e. The van der Waals surface area contributed by atoms with E-state index in [9.17, 15) is 28.8 Å². The number of benzene rings is 2. The molecule has 0 spiro atoms. The van der Waals surface area contributed by atoms with Crippen LogP contribution in [-0.2, 0) is 62.2 Å². The Labute approximate surface area is 512 Å². The van der Waals surface area contributed by atoms with E-state index in [-0.39, 0.29) is 34.2 Å². The lowest BCUT2D eigenvalue weighted by atomic mass is 10.0. The predicted molar refractivity (Wildman–Crippen MR) is 333 cm³/mol. The number of aryl methyl sites for hydroxylation is 2. The molecule has 2 aliphatic rings. The predicted octanol–water partition coefficient (Wildman–Crippen LogP) is 11.3. The number of thiophene rings is 2. The lowest BCUT2D eigenvalue weighted by Gasteiger charge is -2.31. The fourth-order valence-electron chi connectivity index (χ4n) is 10.2. The van der Waals surface area contributed by atoms with E-state index in [1.54, 1.807) is 67.3 Å². The Morgan fingerprint density at radius 1 is 0.647 bits per heavy atom. The van der Waals surface area contributed by atoms with Crippen molar-refractivity contribution in [3.8, 4) is 22.3 Å². The number of carbonyl (C=O) groups excluding carboxylic acids is 2. The number of methoxy groups -OCH3 is 2. The second-order valence-electron chi connectivity index (χ2n) is 23.8. The number of rotatable bonds is 17. The Morgan fingerprint density at radius 2 is 1.05 bits per heavy atom. The number of fused-ring (bicyclic) bond motifs is 2. The summed E-state index contributed by atoms with van der Waals surface area (Å²) in [6, 6.07) is 15.1. The minimum Gasteiger partial charge on any atom is -1.00 e. The van der Waals surface area contributed by atoms with Gasteiger partial charge in [-0.25, -0.2) is 33.3 Å². The monoisotopic (exact) mass is 1280 g/mol. The molecule has 0 amide bonds. The van der Waals surface area contributed by atoms with Gasteiger partial charge in [-0.2, -0.15) is 0 Å². The number of carbonyl (C=O) groups is 2. The van der Waals surface area contributed by atoms with Gasteiger partial charge in [0.25, 0.3) is 11.1 Å². The number of para-hydroxylation sites is 2. The van der Waals surface area contributed by atoms with Crippen LogP contribution in [0.1, 0.15) is 138 Å². The van der Waals surface area contributed by atoms with Gasteiger partial charge < -0.3 is 43.7 Å². The average molecular weight is 1280 g/mol. The first-order valence-corrected chi connectivity index (χ1v) is 30.3. The number of hydrogen-bond donors (Lipinski definition) is 0. The zero-order valence-corrected chi connectivity index (χ0v) is 53.4. The lowest BCUT2D eigenvalue weighted by Crippen LogP contribution is -2.54. The van der Waals surface area contributed by atoms with Crippen LogP contribution in [-0.4, -0.2) is 99.2 Å². The van der Waals surface area contributed by atoms with E-state index in [1.165, 1.54) is 67.4 Å². The molecule has 0 N–H and O–H groups in total. The first kappa shape index (κ1) is 66.3. The first-order valence-electron chi connectivity index (χ1n) is 27.9. The van der Waals surface area contributed by atoms with Gasteiger partial charge in [0, 0.05) is 37.6 Å². The van der Waals surface area contributed by atoms with Crippen molar-refractivity contribution in [3.05, 3.63) is 129 Å². The molecular weight excluding hydrogens is 1200 g/mol. The summed E-state index contributed by atoms with van der Waals surface area (Å²) < 4.78 is 58.4. The number of nitrogens with zero attached hydrogens (tertiary/aromatic N) is 5. The SMILES string of the molecule is C.COc1ccccc1[C@H](Cn1c(=O)n(C(C)(C)C(=O)OC(C)(C)C)c(=O)c2c(C)c(-c3ncco3)sc21)OC1CCOCC1.COc1ccccc1[C@H](Cn1c(=O)n(C(C)(C)C(=O)OC(C)(C)C)c(=O)c2c(C)c(Br)sc21)OC1CCOCC1.[2H-]. The third-order valence-corrected chi connectivity index (χ3v) is 18.1. The van der Waals surface area contributed by atoms with Gasteiger partial charge in [0.05, 0.1) is 65.1 Å². The molecule has 23 heteroatoms. The standard InChI is InChI=1S/C32H39N3O8S.C29H37BrN2O7S.CH4.H/c1-19-24-27(36)35(32(5,6)29(37)43-31(2,3)4)30(38)34(28(24)44-25(19)26-33-14-17-41-26)18-23(42-20-12-15-40-16-13-20)21-10-8-9-11-22(21)39-7;1-17-22-24(33)32(29(5,6)26(34)39-28(2,3)4)27(35)31(25(22)40-23(17)30)16-21(38-18-12-14-37-15-13-18)19-10-8-9-11-20(19)36-7;;/h8-11,14,17,20,23H,12-13,15-16,18H2,1-7H3;8-11,18,21H,12-16H2,1-7H3;1H4;/q;;;-1/t23-;21-;;/m00../s1/i;;;1+1. The molecule has 85 heavy (non-hydrogen) atoms. The number of hydrogen-bond acceptors (Lipinski definition) is 18. The Kier molecular flexibility index (Phi) is 20.9. The highest BCUT2D eigenvalue weighted by atomic mass is 79.9. The van der Waals surface area contributed by atoms with Crippen LogP contribution < -0.4 is 32.0 Å². The van der Waals surface area contributed by atoms with Gasteiger partial charge in [-0.3, -0.25) is 18.7 Å².